The second-order valence-corrected chi connectivity index (χ2v) is 5.10. The van der Waals surface area contributed by atoms with Gasteiger partial charge in [-0.2, -0.15) is 4.39 Å². The van der Waals surface area contributed by atoms with E-state index in [4.69, 9.17) is 4.74 Å². The Morgan fingerprint density at radius 1 is 1.04 bits per heavy atom. The normalized spacial score (nSPS) is 10.1. The average molecular weight is 315 g/mol. The Morgan fingerprint density at radius 2 is 1.87 bits per heavy atom. The predicted molar refractivity (Wildman–Crippen MR) is 86.4 cm³/mol. The lowest BCUT2D eigenvalue weighted by atomic mass is 10.1. The molecule has 0 radical (unpaired) electrons. The van der Waals surface area contributed by atoms with Gasteiger partial charge in [0, 0.05) is 6.20 Å². The summed E-state index contributed by atoms with van der Waals surface area (Å²) in [5.41, 5.74) is 1.61. The van der Waals surface area contributed by atoms with Crippen molar-refractivity contribution in [2.24, 2.45) is 0 Å². The first-order valence-electron chi connectivity index (χ1n) is 7.73. The molecule has 1 aromatic carbocycles. The summed E-state index contributed by atoms with van der Waals surface area (Å²) in [6.45, 7) is 4.40. The molecule has 120 valence electrons. The molecule has 0 atom stereocenters. The molecule has 0 fully saturated rings. The van der Waals surface area contributed by atoms with Gasteiger partial charge in [0.25, 0.3) is 0 Å². The minimum atomic E-state index is -0.998. The Balaban J connectivity index is 2.17. The molecule has 4 heteroatoms. The molecule has 0 aliphatic carbocycles. The monoisotopic (exact) mass is 315 g/mol. The first-order valence-corrected chi connectivity index (χ1v) is 7.73. The zero-order valence-corrected chi connectivity index (χ0v) is 13.3. The lowest BCUT2D eigenvalue weighted by Crippen LogP contribution is -2.01. The molecule has 1 aromatic heterocycles. The lowest BCUT2D eigenvalue weighted by molar-refractivity contribution is 0.288. The quantitative estimate of drug-likeness (QED) is 0.598. The maximum Gasteiger partial charge on any atom is 0.201 e. The molecule has 2 rings (SSSR count). The highest BCUT2D eigenvalue weighted by Gasteiger charge is 2.13. The number of ether oxygens (including phenoxy) is 1. The molecule has 0 aliphatic rings. The number of rotatable bonds is 5. The van der Waals surface area contributed by atoms with Gasteiger partial charge in [0.1, 0.15) is 5.69 Å². The number of hydrogen-bond acceptors (Lipinski definition) is 2. The summed E-state index contributed by atoms with van der Waals surface area (Å²) in [5, 5.41) is 0. The van der Waals surface area contributed by atoms with Crippen LogP contribution in [0.3, 0.4) is 0 Å². The van der Waals surface area contributed by atoms with Crippen LogP contribution in [0.5, 0.6) is 5.75 Å². The Morgan fingerprint density at radius 3 is 2.52 bits per heavy atom. The van der Waals surface area contributed by atoms with Crippen molar-refractivity contribution < 1.29 is 13.5 Å². The van der Waals surface area contributed by atoms with Crippen molar-refractivity contribution >= 4 is 0 Å². The van der Waals surface area contributed by atoms with Crippen LogP contribution in [0, 0.1) is 23.5 Å². The summed E-state index contributed by atoms with van der Waals surface area (Å²) in [6, 6.07) is 6.51. The van der Waals surface area contributed by atoms with E-state index in [1.165, 1.54) is 12.1 Å². The SMILES string of the molecule is CCCCOc1ccc(C#Cc2ccc(CC)cn2)c(F)c1F. The predicted octanol–water partition coefficient (Wildman–Crippen LogP) is 4.50. The molecule has 2 aromatic rings. The fourth-order valence-electron chi connectivity index (χ4n) is 1.91. The highest BCUT2D eigenvalue weighted by Crippen LogP contribution is 2.22. The number of unbranched alkanes of at least 4 members (excludes halogenated alkanes) is 1. The van der Waals surface area contributed by atoms with E-state index in [1.54, 1.807) is 12.3 Å². The maximum absolute atomic E-state index is 14.0. The molecular formula is C19H19F2NO. The van der Waals surface area contributed by atoms with Crippen LogP contribution in [0.15, 0.2) is 30.5 Å². The molecule has 0 unspecified atom stereocenters. The van der Waals surface area contributed by atoms with Gasteiger partial charge in [-0.3, -0.25) is 0 Å². The summed E-state index contributed by atoms with van der Waals surface area (Å²) >= 11 is 0. The smallest absolute Gasteiger partial charge is 0.201 e. The fraction of sp³-hybridized carbons (Fsp3) is 0.316. The zero-order chi connectivity index (χ0) is 16.7. The minimum Gasteiger partial charge on any atom is -0.490 e. The molecule has 0 amide bonds. The third-order valence-electron chi connectivity index (χ3n) is 3.36. The Bertz CT molecular complexity index is 715. The number of aryl methyl sites for hydroxylation is 1. The summed E-state index contributed by atoms with van der Waals surface area (Å²) in [6.07, 6.45) is 4.34. The average Bonchev–Trinajstić information content (AvgIpc) is 2.58. The van der Waals surface area contributed by atoms with Gasteiger partial charge >= 0.3 is 0 Å². The van der Waals surface area contributed by atoms with E-state index in [9.17, 15) is 8.78 Å². The van der Waals surface area contributed by atoms with E-state index in [0.29, 0.717) is 12.3 Å². The molecule has 2 nitrogen and oxygen atoms in total. The lowest BCUT2D eigenvalue weighted by Gasteiger charge is -2.07. The van der Waals surface area contributed by atoms with Crippen molar-refractivity contribution in [2.45, 2.75) is 33.1 Å². The Kier molecular flexibility index (Phi) is 6.10. The molecule has 0 N–H and O–H groups in total. The minimum absolute atomic E-state index is 0.00768. The highest BCUT2D eigenvalue weighted by molar-refractivity contribution is 5.44. The Labute approximate surface area is 135 Å². The summed E-state index contributed by atoms with van der Waals surface area (Å²) in [5.74, 6) is 3.30. The molecule has 0 aliphatic heterocycles. The third kappa shape index (κ3) is 4.53. The summed E-state index contributed by atoms with van der Waals surface area (Å²) < 4.78 is 33.2. The van der Waals surface area contributed by atoms with Gasteiger partial charge < -0.3 is 4.74 Å². The highest BCUT2D eigenvalue weighted by atomic mass is 19.2. The molecule has 23 heavy (non-hydrogen) atoms. The fourth-order valence-corrected chi connectivity index (χ4v) is 1.91. The van der Waals surface area contributed by atoms with E-state index in [1.807, 2.05) is 19.9 Å². The van der Waals surface area contributed by atoms with Crippen molar-refractivity contribution in [3.05, 3.63) is 58.9 Å². The molecule has 0 bridgehead atoms. The van der Waals surface area contributed by atoms with Gasteiger partial charge in [0.15, 0.2) is 11.6 Å². The standard InChI is InChI=1S/C19H19F2NO/c1-3-5-12-23-17-11-8-15(18(20)19(17)21)7-10-16-9-6-14(4-2)13-22-16/h6,8-9,11,13H,3-5,12H2,1-2H3. The van der Waals surface area contributed by atoms with Crippen LogP contribution >= 0.6 is 0 Å². The van der Waals surface area contributed by atoms with Crippen LogP contribution < -0.4 is 4.74 Å². The maximum atomic E-state index is 14.0. The summed E-state index contributed by atoms with van der Waals surface area (Å²) in [7, 11) is 0. The number of hydrogen-bond donors (Lipinski definition) is 0. The molecule has 0 saturated heterocycles. The van der Waals surface area contributed by atoms with Crippen LogP contribution in [0.4, 0.5) is 8.78 Å². The topological polar surface area (TPSA) is 22.1 Å². The molecular weight excluding hydrogens is 296 g/mol. The van der Waals surface area contributed by atoms with Crippen molar-refractivity contribution in [3.8, 4) is 17.6 Å². The molecule has 0 spiro atoms. The van der Waals surface area contributed by atoms with E-state index in [2.05, 4.69) is 16.8 Å². The third-order valence-corrected chi connectivity index (χ3v) is 3.36. The van der Waals surface area contributed by atoms with Crippen LogP contribution in [-0.2, 0) is 6.42 Å². The number of pyridine rings is 1. The van der Waals surface area contributed by atoms with E-state index in [-0.39, 0.29) is 11.3 Å². The van der Waals surface area contributed by atoms with Crippen molar-refractivity contribution in [3.63, 3.8) is 0 Å². The first kappa shape index (κ1) is 17.0. The van der Waals surface area contributed by atoms with Crippen molar-refractivity contribution in [1.82, 2.24) is 4.98 Å². The van der Waals surface area contributed by atoms with Crippen LogP contribution in [-0.4, -0.2) is 11.6 Å². The summed E-state index contributed by atoms with van der Waals surface area (Å²) in [4.78, 5) is 4.17. The van der Waals surface area contributed by atoms with E-state index in [0.717, 1.165) is 24.8 Å². The molecule has 0 saturated carbocycles. The second-order valence-electron chi connectivity index (χ2n) is 5.10. The van der Waals surface area contributed by atoms with Gasteiger partial charge in [-0.05, 0) is 42.5 Å². The van der Waals surface area contributed by atoms with Gasteiger partial charge in [0.2, 0.25) is 5.82 Å². The van der Waals surface area contributed by atoms with Gasteiger partial charge in [-0.1, -0.05) is 32.3 Å². The van der Waals surface area contributed by atoms with Crippen molar-refractivity contribution in [2.75, 3.05) is 6.61 Å². The number of halogens is 2. The zero-order valence-electron chi connectivity index (χ0n) is 13.3. The van der Waals surface area contributed by atoms with Crippen molar-refractivity contribution in [1.29, 1.82) is 0 Å². The van der Waals surface area contributed by atoms with Gasteiger partial charge in [-0.15, -0.1) is 0 Å². The van der Waals surface area contributed by atoms with Crippen LogP contribution in [0.2, 0.25) is 0 Å². The number of aromatic nitrogens is 1. The number of benzene rings is 1. The number of nitrogens with zero attached hydrogens (tertiary/aromatic N) is 1. The first-order chi connectivity index (χ1) is 11.2. The van der Waals surface area contributed by atoms with E-state index < -0.39 is 11.6 Å². The van der Waals surface area contributed by atoms with Gasteiger partial charge in [0.05, 0.1) is 12.2 Å². The molecule has 1 heterocycles. The van der Waals surface area contributed by atoms with E-state index >= 15 is 0 Å². The van der Waals surface area contributed by atoms with Gasteiger partial charge in [-0.25, -0.2) is 9.37 Å². The second kappa shape index (κ2) is 8.28. The van der Waals surface area contributed by atoms with Crippen LogP contribution in [0.1, 0.15) is 43.5 Å². The van der Waals surface area contributed by atoms with Crippen LogP contribution in [0.25, 0.3) is 0 Å². The largest absolute Gasteiger partial charge is 0.490 e. The Hall–Kier alpha value is -2.41.